The summed E-state index contributed by atoms with van der Waals surface area (Å²) >= 11 is 5.92. The molecule has 18 heavy (non-hydrogen) atoms. The molecule has 0 aromatic heterocycles. The topological polar surface area (TPSA) is 24.5 Å². The van der Waals surface area contributed by atoms with Gasteiger partial charge in [0.25, 0.3) is 0 Å². The van der Waals surface area contributed by atoms with Gasteiger partial charge in [0.15, 0.2) is 0 Å². The molecule has 1 aliphatic rings. The number of halogens is 1. The first-order valence-electron chi connectivity index (χ1n) is 6.52. The van der Waals surface area contributed by atoms with Crippen LogP contribution < -0.4 is 5.32 Å². The van der Waals surface area contributed by atoms with Crippen molar-refractivity contribution in [3.05, 3.63) is 34.9 Å². The highest BCUT2D eigenvalue weighted by Gasteiger charge is 2.14. The van der Waals surface area contributed by atoms with E-state index < -0.39 is 0 Å². The van der Waals surface area contributed by atoms with Crippen molar-refractivity contribution in [1.82, 2.24) is 10.2 Å². The summed E-state index contributed by atoms with van der Waals surface area (Å²) in [6, 6.07) is 8.50. The second kappa shape index (κ2) is 7.10. The van der Waals surface area contributed by atoms with Crippen molar-refractivity contribution >= 4 is 11.6 Å². The largest absolute Gasteiger partial charge is 0.379 e. The Morgan fingerprint density at radius 1 is 1.28 bits per heavy atom. The van der Waals surface area contributed by atoms with Crippen LogP contribution in [0.4, 0.5) is 0 Å². The zero-order valence-corrected chi connectivity index (χ0v) is 11.6. The van der Waals surface area contributed by atoms with Gasteiger partial charge < -0.3 is 10.1 Å². The molecular weight excluding hydrogens is 248 g/mol. The van der Waals surface area contributed by atoms with E-state index in [2.05, 4.69) is 22.3 Å². The Hall–Kier alpha value is -0.610. The number of rotatable bonds is 5. The number of morpholine rings is 1. The SMILES string of the molecule is CNC(CCN1CCOCC1)c1ccc(Cl)cc1. The quantitative estimate of drug-likeness (QED) is 0.887. The lowest BCUT2D eigenvalue weighted by Crippen LogP contribution is -2.38. The van der Waals surface area contributed by atoms with E-state index in [0.29, 0.717) is 6.04 Å². The number of hydrogen-bond acceptors (Lipinski definition) is 3. The minimum absolute atomic E-state index is 0.394. The van der Waals surface area contributed by atoms with Crippen LogP contribution in [-0.2, 0) is 4.74 Å². The normalized spacial score (nSPS) is 18.8. The fourth-order valence-electron chi connectivity index (χ4n) is 2.31. The lowest BCUT2D eigenvalue weighted by molar-refractivity contribution is 0.0362. The summed E-state index contributed by atoms with van der Waals surface area (Å²) in [6.07, 6.45) is 1.11. The average Bonchev–Trinajstić information content (AvgIpc) is 2.42. The lowest BCUT2D eigenvalue weighted by atomic mass is 10.0. The van der Waals surface area contributed by atoms with Crippen LogP contribution in [0.5, 0.6) is 0 Å². The van der Waals surface area contributed by atoms with E-state index in [9.17, 15) is 0 Å². The van der Waals surface area contributed by atoms with Gasteiger partial charge in [-0.25, -0.2) is 0 Å². The summed E-state index contributed by atoms with van der Waals surface area (Å²) in [6.45, 7) is 4.95. The summed E-state index contributed by atoms with van der Waals surface area (Å²) in [5, 5.41) is 4.17. The molecule has 1 unspecified atom stereocenters. The minimum Gasteiger partial charge on any atom is -0.379 e. The van der Waals surface area contributed by atoms with Crippen LogP contribution in [0.3, 0.4) is 0 Å². The molecule has 0 saturated carbocycles. The molecule has 1 aliphatic heterocycles. The van der Waals surface area contributed by atoms with Gasteiger partial charge in [-0.15, -0.1) is 0 Å². The number of benzene rings is 1. The second-order valence-electron chi connectivity index (χ2n) is 4.64. The maximum atomic E-state index is 5.92. The van der Waals surface area contributed by atoms with E-state index in [-0.39, 0.29) is 0 Å². The van der Waals surface area contributed by atoms with Crippen molar-refractivity contribution in [3.63, 3.8) is 0 Å². The van der Waals surface area contributed by atoms with Crippen LogP contribution in [0.15, 0.2) is 24.3 Å². The van der Waals surface area contributed by atoms with Crippen LogP contribution in [0, 0.1) is 0 Å². The average molecular weight is 269 g/mol. The molecule has 1 aromatic rings. The summed E-state index contributed by atoms with van der Waals surface area (Å²) in [5.74, 6) is 0. The van der Waals surface area contributed by atoms with Crippen LogP contribution in [0.2, 0.25) is 5.02 Å². The summed E-state index contributed by atoms with van der Waals surface area (Å²) in [7, 11) is 2.01. The smallest absolute Gasteiger partial charge is 0.0594 e. The van der Waals surface area contributed by atoms with E-state index >= 15 is 0 Å². The molecule has 0 aliphatic carbocycles. The van der Waals surface area contributed by atoms with Crippen molar-refractivity contribution in [1.29, 1.82) is 0 Å². The van der Waals surface area contributed by atoms with Gasteiger partial charge in [0.05, 0.1) is 13.2 Å². The first-order valence-corrected chi connectivity index (χ1v) is 6.90. The highest BCUT2D eigenvalue weighted by molar-refractivity contribution is 6.30. The van der Waals surface area contributed by atoms with Gasteiger partial charge in [-0.2, -0.15) is 0 Å². The van der Waals surface area contributed by atoms with E-state index in [4.69, 9.17) is 16.3 Å². The number of hydrogen-bond donors (Lipinski definition) is 1. The molecule has 1 N–H and O–H groups in total. The molecule has 100 valence electrons. The zero-order chi connectivity index (χ0) is 12.8. The fraction of sp³-hybridized carbons (Fsp3) is 0.571. The molecule has 1 saturated heterocycles. The predicted octanol–water partition coefficient (Wildman–Crippen LogP) is 2.32. The number of ether oxygens (including phenoxy) is 1. The monoisotopic (exact) mass is 268 g/mol. The number of nitrogens with zero attached hydrogens (tertiary/aromatic N) is 1. The van der Waals surface area contributed by atoms with Crippen molar-refractivity contribution in [2.75, 3.05) is 39.9 Å². The van der Waals surface area contributed by atoms with Gasteiger partial charge in [-0.1, -0.05) is 23.7 Å². The molecule has 1 heterocycles. The Labute approximate surface area is 114 Å². The summed E-state index contributed by atoms with van der Waals surface area (Å²) < 4.78 is 5.36. The zero-order valence-electron chi connectivity index (χ0n) is 10.9. The van der Waals surface area contributed by atoms with Gasteiger partial charge in [0, 0.05) is 30.7 Å². The van der Waals surface area contributed by atoms with Gasteiger partial charge in [-0.05, 0) is 31.2 Å². The highest BCUT2D eigenvalue weighted by Crippen LogP contribution is 2.19. The van der Waals surface area contributed by atoms with Crippen LogP contribution >= 0.6 is 11.6 Å². The Bertz CT molecular complexity index is 349. The van der Waals surface area contributed by atoms with Gasteiger partial charge >= 0.3 is 0 Å². The van der Waals surface area contributed by atoms with Gasteiger partial charge in [-0.3, -0.25) is 4.90 Å². The first-order chi connectivity index (χ1) is 8.79. The van der Waals surface area contributed by atoms with Crippen molar-refractivity contribution in [2.45, 2.75) is 12.5 Å². The molecular formula is C14H21ClN2O. The second-order valence-corrected chi connectivity index (χ2v) is 5.07. The van der Waals surface area contributed by atoms with Crippen molar-refractivity contribution < 1.29 is 4.74 Å². The third kappa shape index (κ3) is 3.95. The van der Waals surface area contributed by atoms with Gasteiger partial charge in [0.2, 0.25) is 0 Å². The highest BCUT2D eigenvalue weighted by atomic mass is 35.5. The fourth-order valence-corrected chi connectivity index (χ4v) is 2.44. The molecule has 3 nitrogen and oxygen atoms in total. The molecule has 0 bridgehead atoms. The lowest BCUT2D eigenvalue weighted by Gasteiger charge is -2.28. The van der Waals surface area contributed by atoms with Gasteiger partial charge in [0.1, 0.15) is 0 Å². The van der Waals surface area contributed by atoms with Crippen molar-refractivity contribution in [3.8, 4) is 0 Å². The molecule has 0 radical (unpaired) electrons. The molecule has 1 aromatic carbocycles. The van der Waals surface area contributed by atoms with E-state index in [1.165, 1.54) is 5.56 Å². The van der Waals surface area contributed by atoms with Crippen LogP contribution in [-0.4, -0.2) is 44.8 Å². The van der Waals surface area contributed by atoms with Crippen LogP contribution in [0.25, 0.3) is 0 Å². The molecule has 1 fully saturated rings. The van der Waals surface area contributed by atoms with Crippen LogP contribution in [0.1, 0.15) is 18.0 Å². The first kappa shape index (κ1) is 13.8. The molecule has 1 atom stereocenters. The minimum atomic E-state index is 0.394. The number of nitrogens with one attached hydrogen (secondary N) is 1. The Morgan fingerprint density at radius 3 is 2.56 bits per heavy atom. The molecule has 0 spiro atoms. The molecule has 0 amide bonds. The Balaban J connectivity index is 1.86. The maximum absolute atomic E-state index is 5.92. The van der Waals surface area contributed by atoms with E-state index in [1.54, 1.807) is 0 Å². The van der Waals surface area contributed by atoms with E-state index in [0.717, 1.165) is 44.3 Å². The third-order valence-corrected chi connectivity index (χ3v) is 3.71. The summed E-state index contributed by atoms with van der Waals surface area (Å²) in [4.78, 5) is 2.46. The molecule has 2 rings (SSSR count). The standard InChI is InChI=1S/C14H21ClN2O/c1-16-14(12-2-4-13(15)5-3-12)6-7-17-8-10-18-11-9-17/h2-5,14,16H,6-11H2,1H3. The van der Waals surface area contributed by atoms with E-state index in [1.807, 2.05) is 19.2 Å². The Morgan fingerprint density at radius 2 is 1.94 bits per heavy atom. The van der Waals surface area contributed by atoms with Crippen molar-refractivity contribution in [2.24, 2.45) is 0 Å². The summed E-state index contributed by atoms with van der Waals surface area (Å²) in [5.41, 5.74) is 1.30. The Kier molecular flexibility index (Phi) is 5.45. The maximum Gasteiger partial charge on any atom is 0.0594 e. The molecule has 4 heteroatoms. The third-order valence-electron chi connectivity index (χ3n) is 3.46. The predicted molar refractivity (Wildman–Crippen MR) is 75.1 cm³/mol.